The van der Waals surface area contributed by atoms with Gasteiger partial charge in [0.15, 0.2) is 0 Å². The van der Waals surface area contributed by atoms with E-state index in [2.05, 4.69) is 0 Å². The second kappa shape index (κ2) is 6.95. The monoisotopic (exact) mass is 332 g/mol. The molecule has 1 aliphatic carbocycles. The molecule has 0 bridgehead atoms. The zero-order chi connectivity index (χ0) is 16.3. The molecular formula is C14H24N2O5S. The molecule has 0 aromatic heterocycles. The van der Waals surface area contributed by atoms with Crippen LogP contribution in [0.1, 0.15) is 44.9 Å². The van der Waals surface area contributed by atoms with E-state index in [4.69, 9.17) is 5.14 Å². The highest BCUT2D eigenvalue weighted by Crippen LogP contribution is 2.31. The van der Waals surface area contributed by atoms with Crippen LogP contribution in [0.4, 0.5) is 0 Å². The number of hydrogen-bond acceptors (Lipinski definition) is 4. The van der Waals surface area contributed by atoms with Gasteiger partial charge in [-0.05, 0) is 12.3 Å². The number of amides is 1. The third-order valence-electron chi connectivity index (χ3n) is 4.65. The van der Waals surface area contributed by atoms with Gasteiger partial charge in [0.1, 0.15) is 6.04 Å². The highest BCUT2D eigenvalue weighted by Gasteiger charge is 2.39. The van der Waals surface area contributed by atoms with Gasteiger partial charge in [0.2, 0.25) is 15.9 Å². The maximum Gasteiger partial charge on any atom is 0.326 e. The third kappa shape index (κ3) is 4.67. The fourth-order valence-electron chi connectivity index (χ4n) is 3.65. The molecule has 0 aromatic carbocycles. The summed E-state index contributed by atoms with van der Waals surface area (Å²) in [4.78, 5) is 25.0. The molecule has 1 saturated carbocycles. The van der Waals surface area contributed by atoms with Crippen LogP contribution in [0.2, 0.25) is 0 Å². The molecule has 2 aliphatic rings. The van der Waals surface area contributed by atoms with Crippen LogP contribution in [0, 0.1) is 11.8 Å². The number of nitrogens with zero attached hydrogens (tertiary/aromatic N) is 1. The van der Waals surface area contributed by atoms with Crippen molar-refractivity contribution in [3.63, 3.8) is 0 Å². The lowest BCUT2D eigenvalue weighted by Crippen LogP contribution is -2.44. The Kier molecular flexibility index (Phi) is 5.44. The molecular weight excluding hydrogens is 308 g/mol. The number of carbonyl (C=O) groups is 2. The summed E-state index contributed by atoms with van der Waals surface area (Å²) >= 11 is 0. The van der Waals surface area contributed by atoms with E-state index < -0.39 is 28.0 Å². The average Bonchev–Trinajstić information content (AvgIpc) is 2.75. The highest BCUT2D eigenvalue weighted by atomic mass is 32.2. The van der Waals surface area contributed by atoms with E-state index in [1.165, 1.54) is 11.3 Å². The van der Waals surface area contributed by atoms with Crippen molar-refractivity contribution in [2.75, 3.05) is 12.3 Å². The number of rotatable bonds is 6. The van der Waals surface area contributed by atoms with Crippen LogP contribution in [-0.4, -0.2) is 48.6 Å². The van der Waals surface area contributed by atoms with E-state index in [-0.39, 0.29) is 24.6 Å². The minimum Gasteiger partial charge on any atom is -0.480 e. The zero-order valence-electron chi connectivity index (χ0n) is 12.6. The lowest BCUT2D eigenvalue weighted by atomic mass is 9.84. The summed E-state index contributed by atoms with van der Waals surface area (Å²) in [6.45, 7) is 0.166. The van der Waals surface area contributed by atoms with Crippen LogP contribution in [0.25, 0.3) is 0 Å². The summed E-state index contributed by atoms with van der Waals surface area (Å²) in [5.41, 5.74) is 0. The molecule has 2 atom stereocenters. The number of sulfonamides is 1. The largest absolute Gasteiger partial charge is 0.480 e. The number of likely N-dealkylation sites (tertiary alicyclic amines) is 1. The maximum atomic E-state index is 12.1. The van der Waals surface area contributed by atoms with Crippen molar-refractivity contribution in [3.8, 4) is 0 Å². The normalized spacial score (nSPS) is 25.4. The van der Waals surface area contributed by atoms with Gasteiger partial charge in [0.05, 0.1) is 5.75 Å². The van der Waals surface area contributed by atoms with E-state index in [1.54, 1.807) is 0 Å². The van der Waals surface area contributed by atoms with Crippen molar-refractivity contribution in [2.45, 2.75) is 51.0 Å². The fraction of sp³-hybridized carbons (Fsp3) is 0.857. The third-order valence-corrected chi connectivity index (χ3v) is 5.59. The van der Waals surface area contributed by atoms with Gasteiger partial charge in [-0.15, -0.1) is 0 Å². The lowest BCUT2D eigenvalue weighted by Gasteiger charge is -2.30. The first-order chi connectivity index (χ1) is 10.3. The molecule has 8 heteroatoms. The molecule has 1 aliphatic heterocycles. The summed E-state index contributed by atoms with van der Waals surface area (Å²) in [7, 11) is -3.65. The summed E-state index contributed by atoms with van der Waals surface area (Å²) < 4.78 is 22.3. The van der Waals surface area contributed by atoms with Crippen molar-refractivity contribution in [1.29, 1.82) is 0 Å². The predicted molar refractivity (Wildman–Crippen MR) is 80.4 cm³/mol. The van der Waals surface area contributed by atoms with Crippen LogP contribution in [0.3, 0.4) is 0 Å². The van der Waals surface area contributed by atoms with Crippen molar-refractivity contribution in [3.05, 3.63) is 0 Å². The van der Waals surface area contributed by atoms with Gasteiger partial charge in [0.25, 0.3) is 0 Å². The van der Waals surface area contributed by atoms with Crippen LogP contribution >= 0.6 is 0 Å². The highest BCUT2D eigenvalue weighted by molar-refractivity contribution is 7.89. The minimum absolute atomic E-state index is 0.0604. The van der Waals surface area contributed by atoms with Gasteiger partial charge < -0.3 is 10.0 Å². The topological polar surface area (TPSA) is 118 Å². The van der Waals surface area contributed by atoms with Crippen molar-refractivity contribution in [1.82, 2.24) is 4.90 Å². The Balaban J connectivity index is 2.01. The molecule has 2 fully saturated rings. The molecule has 1 amide bonds. The Morgan fingerprint density at radius 1 is 1.27 bits per heavy atom. The second-order valence-electron chi connectivity index (χ2n) is 6.54. The molecule has 3 N–H and O–H groups in total. The maximum absolute atomic E-state index is 12.1. The van der Waals surface area contributed by atoms with E-state index >= 15 is 0 Å². The summed E-state index contributed by atoms with van der Waals surface area (Å²) in [5.74, 6) is -1.63. The number of carbonyl (C=O) groups excluding carboxylic acids is 1. The first kappa shape index (κ1) is 17.2. The van der Waals surface area contributed by atoms with E-state index in [1.807, 2.05) is 0 Å². The fourth-order valence-corrected chi connectivity index (χ4v) is 4.53. The Hall–Kier alpha value is -1.15. The number of carboxylic acid groups (broad SMARTS) is 1. The van der Waals surface area contributed by atoms with Crippen molar-refractivity contribution >= 4 is 21.9 Å². The molecule has 7 nitrogen and oxygen atoms in total. The van der Waals surface area contributed by atoms with E-state index in [9.17, 15) is 23.1 Å². The number of nitrogens with two attached hydrogens (primary N) is 1. The number of hydrogen-bond donors (Lipinski definition) is 2. The SMILES string of the molecule is NS(=O)(=O)CC1CC(=O)N([C@@H](CC2CCCCC2)C(=O)O)C1. The molecule has 0 spiro atoms. The van der Waals surface area contributed by atoms with E-state index in [0.717, 1.165) is 25.7 Å². The van der Waals surface area contributed by atoms with Gasteiger partial charge in [0, 0.05) is 18.9 Å². The van der Waals surface area contributed by atoms with E-state index in [0.29, 0.717) is 12.3 Å². The second-order valence-corrected chi connectivity index (χ2v) is 8.20. The smallest absolute Gasteiger partial charge is 0.326 e. The zero-order valence-corrected chi connectivity index (χ0v) is 13.4. The van der Waals surface area contributed by atoms with Gasteiger partial charge >= 0.3 is 5.97 Å². The van der Waals surface area contributed by atoms with Gasteiger partial charge in [-0.25, -0.2) is 18.4 Å². The number of primary sulfonamides is 1. The van der Waals surface area contributed by atoms with Gasteiger partial charge in [-0.3, -0.25) is 4.79 Å². The first-order valence-electron chi connectivity index (χ1n) is 7.79. The molecule has 22 heavy (non-hydrogen) atoms. The minimum atomic E-state index is -3.65. The molecule has 2 rings (SSSR count). The number of aliphatic carboxylic acids is 1. The Labute approximate surface area is 130 Å². The molecule has 126 valence electrons. The van der Waals surface area contributed by atoms with Gasteiger partial charge in [-0.2, -0.15) is 0 Å². The molecule has 0 aromatic rings. The summed E-state index contributed by atoms with van der Waals surface area (Å²) in [6, 6.07) is -0.846. The predicted octanol–water partition coefficient (Wildman–Crippen LogP) is 0.547. The van der Waals surface area contributed by atoms with Crippen LogP contribution in [0.15, 0.2) is 0 Å². The quantitative estimate of drug-likeness (QED) is 0.736. The Morgan fingerprint density at radius 2 is 1.91 bits per heavy atom. The average molecular weight is 332 g/mol. The Bertz CT molecular complexity index is 527. The Morgan fingerprint density at radius 3 is 2.45 bits per heavy atom. The molecule has 1 unspecified atom stereocenters. The summed E-state index contributed by atoms with van der Waals surface area (Å²) in [5, 5.41) is 14.5. The molecule has 1 heterocycles. The van der Waals surface area contributed by atoms with Crippen LogP contribution in [-0.2, 0) is 19.6 Å². The van der Waals surface area contributed by atoms with Crippen LogP contribution in [0.5, 0.6) is 0 Å². The molecule has 1 saturated heterocycles. The summed E-state index contributed by atoms with van der Waals surface area (Å²) in [6.07, 6.45) is 5.94. The van der Waals surface area contributed by atoms with Crippen molar-refractivity contribution in [2.24, 2.45) is 17.0 Å². The standard InChI is InChI=1S/C14H24N2O5S/c15-22(20,21)9-11-7-13(17)16(8-11)12(14(18)19)6-10-4-2-1-3-5-10/h10-12H,1-9H2,(H,18,19)(H2,15,20,21)/t11?,12-/m0/s1. The first-order valence-corrected chi connectivity index (χ1v) is 9.50. The molecule has 0 radical (unpaired) electrons. The van der Waals surface area contributed by atoms with Crippen molar-refractivity contribution < 1.29 is 23.1 Å². The van der Waals surface area contributed by atoms with Crippen LogP contribution < -0.4 is 5.14 Å². The lowest BCUT2D eigenvalue weighted by molar-refractivity contribution is -0.149. The van der Waals surface area contributed by atoms with Gasteiger partial charge in [-0.1, -0.05) is 32.1 Å². The number of carboxylic acids is 1.